The fourth-order valence-corrected chi connectivity index (χ4v) is 5.04. The number of amides is 1. The van der Waals surface area contributed by atoms with Gasteiger partial charge in [0.2, 0.25) is 15.9 Å². The van der Waals surface area contributed by atoms with E-state index in [1.807, 2.05) is 47.1 Å². The van der Waals surface area contributed by atoms with Gasteiger partial charge in [-0.15, -0.1) is 0 Å². The number of sulfonamides is 1. The fraction of sp³-hybridized carbons (Fsp3) is 0.409. The topological polar surface area (TPSA) is 60.9 Å². The predicted octanol–water partition coefficient (Wildman–Crippen LogP) is 2.57. The molecule has 0 atom stereocenters. The molecule has 0 spiro atoms. The molecule has 162 valence electrons. The van der Waals surface area contributed by atoms with Crippen LogP contribution >= 0.6 is 0 Å². The normalized spacial score (nSPS) is 16.2. The third kappa shape index (κ3) is 5.65. The lowest BCUT2D eigenvalue weighted by molar-refractivity contribution is -0.132. The van der Waals surface area contributed by atoms with Gasteiger partial charge in [0.25, 0.3) is 0 Å². The monoisotopic (exact) mass is 433 g/mol. The van der Waals surface area contributed by atoms with E-state index in [9.17, 15) is 17.6 Å². The Balaban J connectivity index is 1.59. The van der Waals surface area contributed by atoms with Crippen LogP contribution in [-0.4, -0.2) is 67.7 Å². The summed E-state index contributed by atoms with van der Waals surface area (Å²) in [6.45, 7) is 5.23. The molecule has 1 aliphatic rings. The van der Waals surface area contributed by atoms with Crippen molar-refractivity contribution in [1.82, 2.24) is 14.1 Å². The Bertz CT molecular complexity index is 936. The SMILES string of the molecule is CCN(Cc1ccccc1)C(=O)CN1CCCN(S(=O)(=O)c2ccc(F)cc2)CC1. The average molecular weight is 434 g/mol. The highest BCUT2D eigenvalue weighted by Crippen LogP contribution is 2.18. The van der Waals surface area contributed by atoms with Crippen LogP contribution in [0.2, 0.25) is 0 Å². The van der Waals surface area contributed by atoms with Crippen LogP contribution in [0.5, 0.6) is 0 Å². The van der Waals surface area contributed by atoms with Crippen LogP contribution in [0, 0.1) is 5.82 Å². The molecule has 0 N–H and O–H groups in total. The summed E-state index contributed by atoms with van der Waals surface area (Å²) in [6.07, 6.45) is 0.637. The minimum atomic E-state index is -3.67. The minimum absolute atomic E-state index is 0.0381. The van der Waals surface area contributed by atoms with Crippen LogP contribution in [-0.2, 0) is 21.4 Å². The van der Waals surface area contributed by atoms with Crippen molar-refractivity contribution in [3.8, 4) is 0 Å². The van der Waals surface area contributed by atoms with Crippen LogP contribution in [0.4, 0.5) is 4.39 Å². The largest absolute Gasteiger partial charge is 0.338 e. The standard InChI is InChI=1S/C22H28FN3O3S/c1-2-25(17-19-7-4-3-5-8-19)22(27)18-24-13-6-14-26(16-15-24)30(28,29)21-11-9-20(23)10-12-21/h3-5,7-12H,2,6,13-18H2,1H3. The van der Waals surface area contributed by atoms with Gasteiger partial charge in [0, 0.05) is 32.7 Å². The van der Waals surface area contributed by atoms with Crippen LogP contribution < -0.4 is 0 Å². The van der Waals surface area contributed by atoms with Gasteiger partial charge in [-0.25, -0.2) is 12.8 Å². The first-order valence-corrected chi connectivity index (χ1v) is 11.6. The zero-order chi connectivity index (χ0) is 21.6. The summed E-state index contributed by atoms with van der Waals surface area (Å²) in [7, 11) is -3.67. The van der Waals surface area contributed by atoms with Gasteiger partial charge < -0.3 is 4.90 Å². The highest BCUT2D eigenvalue weighted by molar-refractivity contribution is 7.89. The minimum Gasteiger partial charge on any atom is -0.338 e. The molecular weight excluding hydrogens is 405 g/mol. The molecule has 0 aromatic heterocycles. The smallest absolute Gasteiger partial charge is 0.243 e. The summed E-state index contributed by atoms with van der Waals surface area (Å²) in [5, 5.41) is 0. The number of carbonyl (C=O) groups is 1. The van der Waals surface area contributed by atoms with E-state index in [1.54, 1.807) is 0 Å². The number of carbonyl (C=O) groups excluding carboxylic acids is 1. The summed E-state index contributed by atoms with van der Waals surface area (Å²) in [5.74, 6) is -0.429. The molecule has 0 radical (unpaired) electrons. The third-order valence-corrected chi connectivity index (χ3v) is 7.22. The quantitative estimate of drug-likeness (QED) is 0.673. The lowest BCUT2D eigenvalue weighted by atomic mass is 10.2. The van der Waals surface area contributed by atoms with Gasteiger partial charge in [-0.05, 0) is 49.7 Å². The molecule has 3 rings (SSSR count). The molecule has 8 heteroatoms. The third-order valence-electron chi connectivity index (χ3n) is 5.31. The second-order valence-electron chi connectivity index (χ2n) is 7.38. The summed E-state index contributed by atoms with van der Waals surface area (Å²) >= 11 is 0. The van der Waals surface area contributed by atoms with Gasteiger partial charge in [-0.1, -0.05) is 30.3 Å². The predicted molar refractivity (Wildman–Crippen MR) is 114 cm³/mol. The Kier molecular flexibility index (Phi) is 7.58. The maximum absolute atomic E-state index is 13.1. The van der Waals surface area contributed by atoms with Gasteiger partial charge >= 0.3 is 0 Å². The first kappa shape index (κ1) is 22.4. The Labute approximate surface area is 177 Å². The Morgan fingerprint density at radius 3 is 2.37 bits per heavy atom. The van der Waals surface area contributed by atoms with Crippen LogP contribution in [0.3, 0.4) is 0 Å². The second-order valence-corrected chi connectivity index (χ2v) is 9.32. The van der Waals surface area contributed by atoms with E-state index in [0.717, 1.165) is 17.7 Å². The molecule has 1 aliphatic heterocycles. The second kappa shape index (κ2) is 10.1. The van der Waals surface area contributed by atoms with Crippen LogP contribution in [0.1, 0.15) is 18.9 Å². The van der Waals surface area contributed by atoms with Crippen LogP contribution in [0.25, 0.3) is 0 Å². The van der Waals surface area contributed by atoms with E-state index in [4.69, 9.17) is 0 Å². The average Bonchev–Trinajstić information content (AvgIpc) is 2.99. The zero-order valence-electron chi connectivity index (χ0n) is 17.2. The molecular formula is C22H28FN3O3S. The van der Waals surface area contributed by atoms with E-state index in [0.29, 0.717) is 45.7 Å². The zero-order valence-corrected chi connectivity index (χ0v) is 18.0. The molecule has 1 heterocycles. The number of benzene rings is 2. The maximum atomic E-state index is 13.1. The molecule has 0 aliphatic carbocycles. The van der Waals surface area contributed by atoms with Crippen molar-refractivity contribution in [2.75, 3.05) is 39.3 Å². The fourth-order valence-electron chi connectivity index (χ4n) is 3.57. The molecule has 1 amide bonds. The highest BCUT2D eigenvalue weighted by Gasteiger charge is 2.28. The Morgan fingerprint density at radius 1 is 1.00 bits per heavy atom. The molecule has 1 saturated heterocycles. The first-order valence-electron chi connectivity index (χ1n) is 10.2. The van der Waals surface area contributed by atoms with Gasteiger partial charge in [0.15, 0.2) is 0 Å². The molecule has 1 fully saturated rings. The molecule has 2 aromatic carbocycles. The molecule has 0 saturated carbocycles. The van der Waals surface area contributed by atoms with E-state index >= 15 is 0 Å². The highest BCUT2D eigenvalue weighted by atomic mass is 32.2. The summed E-state index contributed by atoms with van der Waals surface area (Å²) in [4.78, 5) is 16.7. The summed E-state index contributed by atoms with van der Waals surface area (Å²) < 4.78 is 40.3. The number of hydrogen-bond acceptors (Lipinski definition) is 4. The Hall–Kier alpha value is -2.29. The molecule has 30 heavy (non-hydrogen) atoms. The van der Waals surface area contributed by atoms with E-state index in [1.165, 1.54) is 16.4 Å². The van der Waals surface area contributed by atoms with Crippen molar-refractivity contribution < 1.29 is 17.6 Å². The number of halogens is 1. The van der Waals surface area contributed by atoms with Gasteiger partial charge in [0.1, 0.15) is 5.82 Å². The molecule has 0 bridgehead atoms. The summed E-state index contributed by atoms with van der Waals surface area (Å²) in [5.41, 5.74) is 1.08. The van der Waals surface area contributed by atoms with Crippen molar-refractivity contribution >= 4 is 15.9 Å². The van der Waals surface area contributed by atoms with E-state index in [2.05, 4.69) is 0 Å². The van der Waals surface area contributed by atoms with Gasteiger partial charge in [-0.3, -0.25) is 9.69 Å². The molecule has 6 nitrogen and oxygen atoms in total. The van der Waals surface area contributed by atoms with Crippen molar-refractivity contribution in [2.45, 2.75) is 24.8 Å². The van der Waals surface area contributed by atoms with Crippen molar-refractivity contribution in [3.05, 3.63) is 66.0 Å². The van der Waals surface area contributed by atoms with Crippen molar-refractivity contribution in [1.29, 1.82) is 0 Å². The summed E-state index contributed by atoms with van der Waals surface area (Å²) in [6, 6.07) is 14.8. The van der Waals surface area contributed by atoms with Crippen molar-refractivity contribution in [3.63, 3.8) is 0 Å². The van der Waals surface area contributed by atoms with Gasteiger partial charge in [-0.2, -0.15) is 4.31 Å². The van der Waals surface area contributed by atoms with Crippen LogP contribution in [0.15, 0.2) is 59.5 Å². The maximum Gasteiger partial charge on any atom is 0.243 e. The first-order chi connectivity index (χ1) is 14.4. The number of likely N-dealkylation sites (N-methyl/N-ethyl adjacent to an activating group) is 1. The molecule has 2 aromatic rings. The van der Waals surface area contributed by atoms with Crippen molar-refractivity contribution in [2.24, 2.45) is 0 Å². The van der Waals surface area contributed by atoms with E-state index in [-0.39, 0.29) is 17.3 Å². The van der Waals surface area contributed by atoms with Gasteiger partial charge in [0.05, 0.1) is 11.4 Å². The van der Waals surface area contributed by atoms with E-state index < -0.39 is 15.8 Å². The lowest BCUT2D eigenvalue weighted by Gasteiger charge is -2.26. The molecule has 0 unspecified atom stereocenters. The number of hydrogen-bond donors (Lipinski definition) is 0. The number of nitrogens with zero attached hydrogens (tertiary/aromatic N) is 3. The number of rotatable bonds is 7. The lowest BCUT2D eigenvalue weighted by Crippen LogP contribution is -2.41. The Morgan fingerprint density at radius 2 is 1.70 bits per heavy atom.